The highest BCUT2D eigenvalue weighted by Crippen LogP contribution is 2.21. The molecule has 21 heavy (non-hydrogen) atoms. The van der Waals surface area contributed by atoms with E-state index in [9.17, 15) is 0 Å². The molecular weight excluding hydrogens is 266 g/mol. The Balaban J connectivity index is 1.96. The minimum Gasteiger partial charge on any atom is -0.395 e. The van der Waals surface area contributed by atoms with Gasteiger partial charge in [-0.2, -0.15) is 4.98 Å². The Labute approximate surface area is 126 Å². The first-order valence-electron chi connectivity index (χ1n) is 7.84. The molecule has 6 heteroatoms. The summed E-state index contributed by atoms with van der Waals surface area (Å²) in [5.74, 6) is 1.80. The van der Waals surface area contributed by atoms with Crippen molar-refractivity contribution in [1.29, 1.82) is 0 Å². The van der Waals surface area contributed by atoms with Crippen LogP contribution in [0.2, 0.25) is 0 Å². The smallest absolute Gasteiger partial charge is 0.222 e. The molecule has 2 rings (SSSR count). The third kappa shape index (κ3) is 4.28. The van der Waals surface area contributed by atoms with Crippen LogP contribution in [0, 0.1) is 12.8 Å². The third-order valence-corrected chi connectivity index (χ3v) is 4.16. The van der Waals surface area contributed by atoms with E-state index < -0.39 is 0 Å². The number of hydrogen-bond acceptors (Lipinski definition) is 6. The second-order valence-corrected chi connectivity index (χ2v) is 5.76. The lowest BCUT2D eigenvalue weighted by Crippen LogP contribution is -2.39. The van der Waals surface area contributed by atoms with Crippen LogP contribution in [0.3, 0.4) is 0 Å². The maximum Gasteiger partial charge on any atom is 0.222 e. The topological polar surface area (TPSA) is 87.3 Å². The molecular formula is C15H27N5O. The van der Waals surface area contributed by atoms with E-state index in [1.165, 1.54) is 12.8 Å². The predicted molar refractivity (Wildman–Crippen MR) is 85.3 cm³/mol. The van der Waals surface area contributed by atoms with E-state index in [4.69, 9.17) is 10.8 Å². The Morgan fingerprint density at radius 2 is 2.24 bits per heavy atom. The summed E-state index contributed by atoms with van der Waals surface area (Å²) < 4.78 is 0. The van der Waals surface area contributed by atoms with Crippen molar-refractivity contribution in [2.45, 2.75) is 33.1 Å². The van der Waals surface area contributed by atoms with Gasteiger partial charge >= 0.3 is 0 Å². The van der Waals surface area contributed by atoms with E-state index in [2.05, 4.69) is 27.1 Å². The SMILES string of the molecule is CCc1c(C)nc(N)nc1NCC1CCCN(CCO)C1. The first-order chi connectivity index (χ1) is 10.1. The molecule has 0 saturated carbocycles. The molecule has 2 heterocycles. The van der Waals surface area contributed by atoms with Gasteiger partial charge in [-0.3, -0.25) is 0 Å². The fraction of sp³-hybridized carbons (Fsp3) is 0.733. The third-order valence-electron chi connectivity index (χ3n) is 4.16. The summed E-state index contributed by atoms with van der Waals surface area (Å²) in [7, 11) is 0. The number of likely N-dealkylation sites (tertiary alicyclic amines) is 1. The molecule has 118 valence electrons. The largest absolute Gasteiger partial charge is 0.395 e. The molecule has 0 aromatic carbocycles. The Bertz CT molecular complexity index is 464. The number of piperidine rings is 1. The minimum atomic E-state index is 0.238. The molecule has 1 aromatic heterocycles. The van der Waals surface area contributed by atoms with E-state index in [1.807, 2.05) is 6.92 Å². The van der Waals surface area contributed by atoms with Gasteiger partial charge in [0.05, 0.1) is 6.61 Å². The molecule has 1 aliphatic rings. The van der Waals surface area contributed by atoms with Crippen molar-refractivity contribution < 1.29 is 5.11 Å². The molecule has 1 aromatic rings. The zero-order valence-corrected chi connectivity index (χ0v) is 13.1. The summed E-state index contributed by atoms with van der Waals surface area (Å²) in [6, 6.07) is 0. The van der Waals surface area contributed by atoms with Gasteiger partial charge in [0.15, 0.2) is 0 Å². The summed E-state index contributed by atoms with van der Waals surface area (Å²) in [5, 5.41) is 12.5. The highest BCUT2D eigenvalue weighted by Gasteiger charge is 2.20. The van der Waals surface area contributed by atoms with E-state index >= 15 is 0 Å². The molecule has 0 aliphatic carbocycles. The number of hydrogen-bond donors (Lipinski definition) is 3. The molecule has 0 radical (unpaired) electrons. The zero-order valence-electron chi connectivity index (χ0n) is 13.1. The second kappa shape index (κ2) is 7.56. The van der Waals surface area contributed by atoms with Crippen LogP contribution in [-0.4, -0.2) is 52.8 Å². The first kappa shape index (κ1) is 16.0. The molecule has 1 atom stereocenters. The van der Waals surface area contributed by atoms with Crippen LogP contribution >= 0.6 is 0 Å². The molecule has 1 unspecified atom stereocenters. The quantitative estimate of drug-likeness (QED) is 0.726. The maximum atomic E-state index is 9.05. The van der Waals surface area contributed by atoms with Gasteiger partial charge in [0.2, 0.25) is 5.95 Å². The minimum absolute atomic E-state index is 0.238. The van der Waals surface area contributed by atoms with Crippen molar-refractivity contribution in [2.75, 3.05) is 43.8 Å². The lowest BCUT2D eigenvalue weighted by molar-refractivity contribution is 0.144. The summed E-state index contributed by atoms with van der Waals surface area (Å²) in [6.45, 7) is 8.12. The van der Waals surface area contributed by atoms with Gasteiger partial charge in [-0.25, -0.2) is 4.98 Å². The molecule has 1 fully saturated rings. The molecule has 1 aliphatic heterocycles. The Kier molecular flexibility index (Phi) is 5.76. The van der Waals surface area contributed by atoms with Gasteiger partial charge in [-0.1, -0.05) is 6.92 Å². The lowest BCUT2D eigenvalue weighted by Gasteiger charge is -2.32. The van der Waals surface area contributed by atoms with E-state index in [0.29, 0.717) is 11.9 Å². The number of aliphatic hydroxyl groups is 1. The number of aromatic nitrogens is 2. The van der Waals surface area contributed by atoms with Crippen LogP contribution in [0.25, 0.3) is 0 Å². The fourth-order valence-electron chi connectivity index (χ4n) is 3.09. The van der Waals surface area contributed by atoms with Gasteiger partial charge in [-0.15, -0.1) is 0 Å². The van der Waals surface area contributed by atoms with E-state index in [0.717, 1.165) is 49.7 Å². The standard InChI is InChI=1S/C15H27N5O/c1-3-13-11(2)18-15(16)19-14(13)17-9-12-5-4-6-20(10-12)7-8-21/h12,21H,3-10H2,1-2H3,(H3,16,17,18,19). The van der Waals surface area contributed by atoms with Gasteiger partial charge < -0.3 is 21.1 Å². The van der Waals surface area contributed by atoms with Crippen LogP contribution < -0.4 is 11.1 Å². The zero-order chi connectivity index (χ0) is 15.2. The van der Waals surface area contributed by atoms with E-state index in [1.54, 1.807) is 0 Å². The number of nitrogens with zero attached hydrogens (tertiary/aromatic N) is 3. The van der Waals surface area contributed by atoms with Gasteiger partial charge in [0.25, 0.3) is 0 Å². The average molecular weight is 293 g/mol. The van der Waals surface area contributed by atoms with Crippen LogP contribution in [-0.2, 0) is 6.42 Å². The lowest BCUT2D eigenvalue weighted by atomic mass is 9.98. The monoisotopic (exact) mass is 293 g/mol. The molecule has 6 nitrogen and oxygen atoms in total. The molecule has 1 saturated heterocycles. The number of β-amino-alcohol motifs (C(OH)–C–C–N with tert-alkyl or cyclic N) is 1. The molecule has 0 amide bonds. The Hall–Kier alpha value is -1.40. The predicted octanol–water partition coefficient (Wildman–Crippen LogP) is 1.05. The summed E-state index contributed by atoms with van der Waals surface area (Å²) >= 11 is 0. The van der Waals surface area contributed by atoms with Crippen molar-refractivity contribution in [3.63, 3.8) is 0 Å². The van der Waals surface area contributed by atoms with Crippen molar-refractivity contribution in [1.82, 2.24) is 14.9 Å². The summed E-state index contributed by atoms with van der Waals surface area (Å²) in [5.41, 5.74) is 7.86. The molecule has 4 N–H and O–H groups in total. The number of nitrogen functional groups attached to an aromatic ring is 1. The van der Waals surface area contributed by atoms with Crippen molar-refractivity contribution in [3.05, 3.63) is 11.3 Å². The second-order valence-electron chi connectivity index (χ2n) is 5.76. The van der Waals surface area contributed by atoms with Crippen molar-refractivity contribution in [2.24, 2.45) is 5.92 Å². The maximum absolute atomic E-state index is 9.05. The number of aliphatic hydroxyl groups excluding tert-OH is 1. The van der Waals surface area contributed by atoms with Crippen LogP contribution in [0.4, 0.5) is 11.8 Å². The van der Waals surface area contributed by atoms with Gasteiger partial charge in [-0.05, 0) is 38.6 Å². The van der Waals surface area contributed by atoms with Gasteiger partial charge in [0.1, 0.15) is 5.82 Å². The first-order valence-corrected chi connectivity index (χ1v) is 7.84. The van der Waals surface area contributed by atoms with Crippen molar-refractivity contribution in [3.8, 4) is 0 Å². The van der Waals surface area contributed by atoms with Crippen LogP contribution in [0.15, 0.2) is 0 Å². The van der Waals surface area contributed by atoms with Gasteiger partial charge in [0, 0.05) is 30.9 Å². The number of rotatable bonds is 6. The average Bonchev–Trinajstić information content (AvgIpc) is 2.45. The summed E-state index contributed by atoms with van der Waals surface area (Å²) in [4.78, 5) is 10.9. The molecule has 0 spiro atoms. The number of anilines is 2. The fourth-order valence-corrected chi connectivity index (χ4v) is 3.09. The number of aryl methyl sites for hydroxylation is 1. The van der Waals surface area contributed by atoms with Crippen LogP contribution in [0.1, 0.15) is 31.0 Å². The Morgan fingerprint density at radius 3 is 2.95 bits per heavy atom. The van der Waals surface area contributed by atoms with Crippen molar-refractivity contribution >= 4 is 11.8 Å². The number of nitrogens with one attached hydrogen (secondary N) is 1. The number of nitrogens with two attached hydrogens (primary N) is 1. The molecule has 0 bridgehead atoms. The van der Waals surface area contributed by atoms with Crippen LogP contribution in [0.5, 0.6) is 0 Å². The highest BCUT2D eigenvalue weighted by atomic mass is 16.3. The highest BCUT2D eigenvalue weighted by molar-refractivity contribution is 5.49. The normalized spacial score (nSPS) is 19.7. The Morgan fingerprint density at radius 1 is 1.43 bits per heavy atom. The summed E-state index contributed by atoms with van der Waals surface area (Å²) in [6.07, 6.45) is 3.31. The van der Waals surface area contributed by atoms with E-state index in [-0.39, 0.29) is 6.61 Å².